The van der Waals surface area contributed by atoms with Crippen LogP contribution in [0.4, 0.5) is 0 Å². The first-order chi connectivity index (χ1) is 11.1. The number of aliphatic hydroxyl groups is 1. The van der Waals surface area contributed by atoms with Crippen molar-refractivity contribution < 1.29 is 9.90 Å². The van der Waals surface area contributed by atoms with Crippen molar-refractivity contribution in [2.24, 2.45) is 34.5 Å². The highest BCUT2D eigenvalue weighted by molar-refractivity contribution is 9.09. The minimum Gasteiger partial charge on any atom is -0.382 e. The molecule has 0 radical (unpaired) electrons. The molecule has 0 aromatic heterocycles. The third-order valence-electron chi connectivity index (χ3n) is 7.64. The average Bonchev–Trinajstić information content (AvgIpc) is 2.52. The molecule has 0 heterocycles. The lowest BCUT2D eigenvalue weighted by Gasteiger charge is -2.64. The molecule has 2 fully saturated rings. The van der Waals surface area contributed by atoms with Crippen LogP contribution in [0.5, 0.6) is 0 Å². The van der Waals surface area contributed by atoms with Crippen molar-refractivity contribution in [3.63, 3.8) is 0 Å². The van der Waals surface area contributed by atoms with E-state index >= 15 is 0 Å². The Labute approximate surface area is 163 Å². The summed E-state index contributed by atoms with van der Waals surface area (Å²) in [4.78, 5) is 12.8. The smallest absolute Gasteiger partial charge is 0.165 e. The quantitative estimate of drug-likeness (QED) is 0.457. The van der Waals surface area contributed by atoms with Crippen LogP contribution < -0.4 is 0 Å². The van der Waals surface area contributed by atoms with Gasteiger partial charge in [0.2, 0.25) is 0 Å². The first kappa shape index (κ1) is 19.1. The summed E-state index contributed by atoms with van der Waals surface area (Å²) in [5.74, 6) is 1.41. The van der Waals surface area contributed by atoms with E-state index in [2.05, 4.69) is 64.8 Å². The number of Topliss-reactive ketones (excluding diaryl/α,β-unsaturated/α-hetero) is 1. The van der Waals surface area contributed by atoms with E-state index in [1.54, 1.807) is 6.92 Å². The second kappa shape index (κ2) is 6.20. The molecule has 1 N–H and O–H groups in total. The summed E-state index contributed by atoms with van der Waals surface area (Å²) in [6.45, 7) is 8.68. The van der Waals surface area contributed by atoms with Gasteiger partial charge in [-0.15, -0.1) is 0 Å². The fourth-order valence-electron chi connectivity index (χ4n) is 6.22. The van der Waals surface area contributed by atoms with E-state index in [1.807, 2.05) is 0 Å². The maximum Gasteiger partial charge on any atom is 0.165 e. The van der Waals surface area contributed by atoms with Gasteiger partial charge in [-0.1, -0.05) is 64.8 Å². The van der Waals surface area contributed by atoms with E-state index in [0.717, 1.165) is 24.6 Å². The molecule has 0 aromatic rings. The highest BCUT2D eigenvalue weighted by Crippen LogP contribution is 2.66. The average molecular weight is 462 g/mol. The summed E-state index contributed by atoms with van der Waals surface area (Å²) >= 11 is 7.65. The number of alkyl halides is 2. The molecular formula is C20H30Br2O2. The molecule has 0 amide bonds. The van der Waals surface area contributed by atoms with Gasteiger partial charge >= 0.3 is 0 Å². The number of carbonyl (C=O) groups excluding carboxylic acids is 1. The first-order valence-electron chi connectivity index (χ1n) is 9.23. The molecule has 0 bridgehead atoms. The van der Waals surface area contributed by atoms with Crippen LogP contribution in [-0.4, -0.2) is 26.6 Å². The lowest BCUT2D eigenvalue weighted by atomic mass is 9.42. The van der Waals surface area contributed by atoms with Crippen LogP contribution in [0, 0.1) is 34.5 Å². The van der Waals surface area contributed by atoms with Gasteiger partial charge in [-0.3, -0.25) is 4.79 Å². The standard InChI is InChI=1S/C20H30Br2O2/c1-12(2)13-6-5-7-14-17-18(3,8-9-20(13,14)11-21)15(22)10-16(23)19(17,4)24/h5,7,12-15,17,24H,6,8-11H2,1-4H3/t13-,14-,15-,17-,18+,19+,20-/m0/s1. The lowest BCUT2D eigenvalue weighted by molar-refractivity contribution is -0.182. The van der Waals surface area contributed by atoms with Crippen molar-refractivity contribution in [3.05, 3.63) is 12.2 Å². The molecule has 2 saturated carbocycles. The molecule has 0 aliphatic heterocycles. The summed E-state index contributed by atoms with van der Waals surface area (Å²) in [6, 6.07) is 0. The van der Waals surface area contributed by atoms with Gasteiger partial charge in [0.25, 0.3) is 0 Å². The van der Waals surface area contributed by atoms with Crippen molar-refractivity contribution in [2.75, 3.05) is 5.33 Å². The van der Waals surface area contributed by atoms with Crippen molar-refractivity contribution >= 4 is 37.6 Å². The van der Waals surface area contributed by atoms with Gasteiger partial charge < -0.3 is 5.11 Å². The van der Waals surface area contributed by atoms with E-state index < -0.39 is 5.60 Å². The van der Waals surface area contributed by atoms with Crippen molar-refractivity contribution in [1.82, 2.24) is 0 Å². The molecule has 4 heteroatoms. The van der Waals surface area contributed by atoms with Crippen LogP contribution in [-0.2, 0) is 4.79 Å². The molecular weight excluding hydrogens is 432 g/mol. The zero-order valence-electron chi connectivity index (χ0n) is 15.2. The Bertz CT molecular complexity index is 556. The largest absolute Gasteiger partial charge is 0.382 e. The Hall–Kier alpha value is 0.330. The maximum atomic E-state index is 12.7. The van der Waals surface area contributed by atoms with Crippen molar-refractivity contribution in [1.29, 1.82) is 0 Å². The van der Waals surface area contributed by atoms with Gasteiger partial charge in [0, 0.05) is 22.5 Å². The van der Waals surface area contributed by atoms with Gasteiger partial charge in [-0.2, -0.15) is 0 Å². The molecule has 0 unspecified atom stereocenters. The Morgan fingerprint density at radius 3 is 2.58 bits per heavy atom. The van der Waals surface area contributed by atoms with Crippen LogP contribution in [0.25, 0.3) is 0 Å². The monoisotopic (exact) mass is 460 g/mol. The molecule has 2 nitrogen and oxygen atoms in total. The summed E-state index contributed by atoms with van der Waals surface area (Å²) in [5, 5.41) is 12.2. The Morgan fingerprint density at radius 2 is 2.00 bits per heavy atom. The maximum absolute atomic E-state index is 12.7. The Morgan fingerprint density at radius 1 is 1.33 bits per heavy atom. The molecule has 7 atom stereocenters. The fourth-order valence-corrected chi connectivity index (χ4v) is 8.10. The number of rotatable bonds is 2. The van der Waals surface area contributed by atoms with Crippen molar-refractivity contribution in [2.45, 2.75) is 63.8 Å². The predicted molar refractivity (Wildman–Crippen MR) is 106 cm³/mol. The van der Waals surface area contributed by atoms with Gasteiger partial charge in [-0.05, 0) is 54.8 Å². The molecule has 24 heavy (non-hydrogen) atoms. The number of allylic oxidation sites excluding steroid dienone is 2. The number of fused-ring (bicyclic) bond motifs is 3. The summed E-state index contributed by atoms with van der Waals surface area (Å²) in [6.07, 6.45) is 8.41. The normalized spacial score (nSPS) is 51.4. The van der Waals surface area contributed by atoms with E-state index in [1.165, 1.54) is 0 Å². The molecule has 3 aliphatic carbocycles. The second-order valence-electron chi connectivity index (χ2n) is 9.13. The Balaban J connectivity index is 2.14. The minimum absolute atomic E-state index is 0.00251. The van der Waals surface area contributed by atoms with Crippen LogP contribution in [0.2, 0.25) is 0 Å². The number of halogens is 2. The zero-order valence-corrected chi connectivity index (χ0v) is 18.4. The molecule has 3 rings (SSSR count). The number of ketones is 1. The molecule has 0 aromatic carbocycles. The molecule has 0 saturated heterocycles. The van der Waals surface area contributed by atoms with Crippen LogP contribution in [0.3, 0.4) is 0 Å². The molecule has 136 valence electrons. The number of hydrogen-bond acceptors (Lipinski definition) is 2. The van der Waals surface area contributed by atoms with E-state index in [0.29, 0.717) is 18.3 Å². The third kappa shape index (κ3) is 2.45. The molecule has 0 spiro atoms. The highest BCUT2D eigenvalue weighted by Gasteiger charge is 2.66. The van der Waals surface area contributed by atoms with Crippen LogP contribution in [0.1, 0.15) is 53.4 Å². The van der Waals surface area contributed by atoms with E-state index in [4.69, 9.17) is 0 Å². The predicted octanol–water partition coefficient (Wildman–Crippen LogP) is 5.12. The van der Waals surface area contributed by atoms with Gasteiger partial charge in [0.1, 0.15) is 5.60 Å². The molecule has 3 aliphatic rings. The van der Waals surface area contributed by atoms with Gasteiger partial charge in [0.05, 0.1) is 0 Å². The zero-order chi connectivity index (χ0) is 17.9. The van der Waals surface area contributed by atoms with Crippen LogP contribution >= 0.6 is 31.9 Å². The second-order valence-corrected chi connectivity index (χ2v) is 10.8. The first-order valence-corrected chi connectivity index (χ1v) is 11.3. The Kier molecular flexibility index (Phi) is 4.93. The van der Waals surface area contributed by atoms with Gasteiger partial charge in [0.15, 0.2) is 5.78 Å². The van der Waals surface area contributed by atoms with E-state index in [-0.39, 0.29) is 33.3 Å². The van der Waals surface area contributed by atoms with E-state index in [9.17, 15) is 9.90 Å². The highest BCUT2D eigenvalue weighted by atomic mass is 79.9. The van der Waals surface area contributed by atoms with Crippen molar-refractivity contribution in [3.8, 4) is 0 Å². The summed E-state index contributed by atoms with van der Waals surface area (Å²) in [7, 11) is 0. The topological polar surface area (TPSA) is 37.3 Å². The minimum atomic E-state index is -1.24. The number of carbonyl (C=O) groups is 1. The lowest BCUT2D eigenvalue weighted by Crippen LogP contribution is -2.67. The third-order valence-corrected chi connectivity index (χ3v) is 10.1. The van der Waals surface area contributed by atoms with Crippen LogP contribution in [0.15, 0.2) is 12.2 Å². The fraction of sp³-hybridized carbons (Fsp3) is 0.850. The van der Waals surface area contributed by atoms with Gasteiger partial charge in [-0.25, -0.2) is 0 Å². The number of hydrogen-bond donors (Lipinski definition) is 1. The summed E-state index contributed by atoms with van der Waals surface area (Å²) in [5.41, 5.74) is -1.14. The SMILES string of the molecule is CC(C)[C@@H]1CC=C[C@H]2[C@H]3[C@](C)(CC[C@]12CBr)[C@@H](Br)CC(=O)[C@@]3(C)O. The summed E-state index contributed by atoms with van der Waals surface area (Å²) < 4.78 is 0.